The molecule has 0 aromatic carbocycles. The summed E-state index contributed by atoms with van der Waals surface area (Å²) in [4.78, 5) is 0. The molecule has 0 spiro atoms. The van der Waals surface area contributed by atoms with Crippen LogP contribution in [0.1, 0.15) is 34.6 Å². The predicted molar refractivity (Wildman–Crippen MR) is 41.8 cm³/mol. The maximum Gasteiger partial charge on any atom is 0.0418 e. The minimum atomic E-state index is 0.150. The van der Waals surface area contributed by atoms with Gasteiger partial charge in [-0.25, -0.2) is 0 Å². The molecule has 0 bridgehead atoms. The lowest BCUT2D eigenvalue weighted by molar-refractivity contribution is 0.570. The molecule has 51 valence electrons. The van der Waals surface area contributed by atoms with Gasteiger partial charge in [0.25, 0.3) is 0 Å². The zero-order chi connectivity index (χ0) is 7.49. The van der Waals surface area contributed by atoms with Crippen LogP contribution in [-0.2, 0) is 0 Å². The maximum atomic E-state index is 3.13. The van der Waals surface area contributed by atoms with Crippen LogP contribution in [-0.4, -0.2) is 0 Å². The quantitative estimate of drug-likeness (QED) is 0.434. The van der Waals surface area contributed by atoms with Gasteiger partial charge in [0.05, 0.1) is 0 Å². The summed E-state index contributed by atoms with van der Waals surface area (Å²) >= 11 is 0. The van der Waals surface area contributed by atoms with Crippen LogP contribution in [0.2, 0.25) is 0 Å². The fourth-order valence-corrected chi connectivity index (χ4v) is 0.312. The van der Waals surface area contributed by atoms with Gasteiger partial charge >= 0.3 is 0 Å². The lowest BCUT2D eigenvalue weighted by Crippen LogP contribution is -1.99. The Morgan fingerprint density at radius 3 is 1.67 bits per heavy atom. The van der Waals surface area contributed by atoms with Crippen LogP contribution in [0.15, 0.2) is 0 Å². The highest BCUT2D eigenvalue weighted by Gasteiger charge is 2.02. The van der Waals surface area contributed by atoms with E-state index in [1.165, 1.54) is 5.92 Å². The van der Waals surface area contributed by atoms with E-state index >= 15 is 0 Å². The Bertz CT molecular complexity index is 124. The second-order valence-corrected chi connectivity index (χ2v) is 3.50. The van der Waals surface area contributed by atoms with Gasteiger partial charge in [-0.15, -0.1) is 0 Å². The largest absolute Gasteiger partial charge is 0.0968 e. The van der Waals surface area contributed by atoms with Crippen molar-refractivity contribution in [2.75, 3.05) is 0 Å². The molecule has 0 aliphatic carbocycles. The van der Waals surface area contributed by atoms with Crippen molar-refractivity contribution in [1.29, 1.82) is 0 Å². The van der Waals surface area contributed by atoms with Crippen LogP contribution in [0.3, 0.4) is 0 Å². The summed E-state index contributed by atoms with van der Waals surface area (Å²) in [5, 5.41) is 0. The van der Waals surface area contributed by atoms with Crippen molar-refractivity contribution < 1.29 is 0 Å². The molecule has 0 N–H and O–H groups in total. The van der Waals surface area contributed by atoms with E-state index in [-0.39, 0.29) is 5.41 Å². The van der Waals surface area contributed by atoms with E-state index in [2.05, 4.69) is 32.6 Å². The van der Waals surface area contributed by atoms with Gasteiger partial charge in [-0.3, -0.25) is 0 Å². The Morgan fingerprint density at radius 2 is 1.56 bits per heavy atom. The summed E-state index contributed by atoms with van der Waals surface area (Å²) in [6.07, 6.45) is 0. The zero-order valence-electron chi connectivity index (χ0n) is 7.00. The molecule has 0 unspecified atom stereocenters. The Morgan fingerprint density at radius 1 is 1.11 bits per heavy atom. The third-order valence-corrected chi connectivity index (χ3v) is 0.688. The molecule has 0 aromatic rings. The van der Waals surface area contributed by atoms with Gasteiger partial charge in [-0.1, -0.05) is 11.8 Å². The molecule has 0 heterocycles. The number of hydrogen-bond acceptors (Lipinski definition) is 0. The standard InChI is InChI=1S/C9H15/c1-8(2)6-7-9(3,4)5/h1-5H3. The topological polar surface area (TPSA) is 0 Å². The molecule has 0 nitrogen and oxygen atoms in total. The highest BCUT2D eigenvalue weighted by molar-refractivity contribution is 5.20. The molecule has 0 amide bonds. The van der Waals surface area contributed by atoms with E-state index in [1.807, 2.05) is 13.8 Å². The van der Waals surface area contributed by atoms with E-state index in [1.54, 1.807) is 0 Å². The van der Waals surface area contributed by atoms with Crippen LogP contribution in [0.4, 0.5) is 0 Å². The van der Waals surface area contributed by atoms with Crippen molar-refractivity contribution in [3.63, 3.8) is 0 Å². The average Bonchev–Trinajstić information content (AvgIpc) is 1.59. The first-order valence-electron chi connectivity index (χ1n) is 3.25. The first-order chi connectivity index (χ1) is 3.92. The Kier molecular flexibility index (Phi) is 2.77. The molecule has 0 aliphatic heterocycles. The van der Waals surface area contributed by atoms with E-state index in [0.29, 0.717) is 0 Å². The van der Waals surface area contributed by atoms with Gasteiger partial charge < -0.3 is 0 Å². The molecular formula is C9H15. The minimum Gasteiger partial charge on any atom is -0.0968 e. The highest BCUT2D eigenvalue weighted by Crippen LogP contribution is 2.10. The second-order valence-electron chi connectivity index (χ2n) is 3.50. The lowest BCUT2D eigenvalue weighted by Gasteiger charge is -2.07. The van der Waals surface area contributed by atoms with Crippen molar-refractivity contribution in [2.45, 2.75) is 34.6 Å². The predicted octanol–water partition coefficient (Wildman–Crippen LogP) is 2.65. The first kappa shape index (κ1) is 8.56. The molecule has 0 saturated heterocycles. The second kappa shape index (κ2) is 2.92. The van der Waals surface area contributed by atoms with E-state index in [9.17, 15) is 0 Å². The molecule has 9 heavy (non-hydrogen) atoms. The fourth-order valence-electron chi connectivity index (χ4n) is 0.312. The summed E-state index contributed by atoms with van der Waals surface area (Å²) in [6.45, 7) is 10.4. The lowest BCUT2D eigenvalue weighted by atomic mass is 9.97. The van der Waals surface area contributed by atoms with Gasteiger partial charge in [-0.05, 0) is 34.6 Å². The summed E-state index contributed by atoms with van der Waals surface area (Å²) in [5.74, 6) is 7.37. The van der Waals surface area contributed by atoms with Crippen LogP contribution in [0.5, 0.6) is 0 Å². The van der Waals surface area contributed by atoms with Crippen LogP contribution in [0.25, 0.3) is 0 Å². The van der Waals surface area contributed by atoms with E-state index in [0.717, 1.165) is 0 Å². The normalized spacial score (nSPS) is 10.9. The molecule has 0 rings (SSSR count). The molecule has 0 fully saturated rings. The van der Waals surface area contributed by atoms with Crippen molar-refractivity contribution in [3.05, 3.63) is 5.92 Å². The molecule has 0 aromatic heterocycles. The Balaban J connectivity index is 3.88. The third kappa shape index (κ3) is 7.56. The molecule has 0 heteroatoms. The van der Waals surface area contributed by atoms with E-state index < -0.39 is 0 Å². The Hall–Kier alpha value is -0.440. The molecule has 0 aliphatic rings. The molecular weight excluding hydrogens is 108 g/mol. The van der Waals surface area contributed by atoms with Gasteiger partial charge in [0.2, 0.25) is 0 Å². The van der Waals surface area contributed by atoms with Crippen molar-refractivity contribution in [1.82, 2.24) is 0 Å². The van der Waals surface area contributed by atoms with Gasteiger partial charge in [0.1, 0.15) is 0 Å². The highest BCUT2D eigenvalue weighted by atomic mass is 14.1. The van der Waals surface area contributed by atoms with Crippen molar-refractivity contribution >= 4 is 0 Å². The smallest absolute Gasteiger partial charge is 0.0418 e. The fraction of sp³-hybridized carbons (Fsp3) is 0.667. The van der Waals surface area contributed by atoms with Crippen LogP contribution < -0.4 is 0 Å². The van der Waals surface area contributed by atoms with Crippen molar-refractivity contribution in [2.24, 2.45) is 5.41 Å². The van der Waals surface area contributed by atoms with Crippen LogP contribution in [0, 0.1) is 23.2 Å². The number of hydrogen-bond donors (Lipinski definition) is 0. The summed E-state index contributed by atoms with van der Waals surface area (Å²) in [5.41, 5.74) is 0.150. The summed E-state index contributed by atoms with van der Waals surface area (Å²) in [7, 11) is 0. The van der Waals surface area contributed by atoms with Gasteiger partial charge in [0, 0.05) is 11.3 Å². The molecule has 0 saturated carbocycles. The SMILES string of the molecule is C[C](C)C#CC(C)(C)C. The molecule has 0 atom stereocenters. The number of rotatable bonds is 0. The summed E-state index contributed by atoms with van der Waals surface area (Å²) in [6, 6.07) is 0. The minimum absolute atomic E-state index is 0.150. The van der Waals surface area contributed by atoms with Crippen LogP contribution >= 0.6 is 0 Å². The maximum absolute atomic E-state index is 3.13. The average molecular weight is 123 g/mol. The first-order valence-corrected chi connectivity index (χ1v) is 3.25. The van der Waals surface area contributed by atoms with Gasteiger partial charge in [0.15, 0.2) is 0 Å². The Labute approximate surface area is 58.7 Å². The van der Waals surface area contributed by atoms with Crippen molar-refractivity contribution in [3.8, 4) is 11.8 Å². The van der Waals surface area contributed by atoms with E-state index in [4.69, 9.17) is 0 Å². The van der Waals surface area contributed by atoms with Gasteiger partial charge in [-0.2, -0.15) is 0 Å². The third-order valence-electron chi connectivity index (χ3n) is 0.688. The zero-order valence-corrected chi connectivity index (χ0v) is 7.00. The molecule has 1 radical (unpaired) electrons. The summed E-state index contributed by atoms with van der Waals surface area (Å²) < 4.78 is 0. The monoisotopic (exact) mass is 123 g/mol.